The molecule has 23 heavy (non-hydrogen) atoms. The molecule has 0 radical (unpaired) electrons. The summed E-state index contributed by atoms with van der Waals surface area (Å²) in [5, 5.41) is 4.23. The second-order valence-electron chi connectivity index (χ2n) is 5.26. The average molecular weight is 328 g/mol. The Labute approximate surface area is 140 Å². The summed E-state index contributed by atoms with van der Waals surface area (Å²) in [7, 11) is 3.64. The number of imidazole rings is 1. The Kier molecular flexibility index (Phi) is 4.53. The summed E-state index contributed by atoms with van der Waals surface area (Å²) in [6.07, 6.45) is 3.73. The van der Waals surface area contributed by atoms with Crippen molar-refractivity contribution in [1.82, 2.24) is 9.55 Å². The standard InChI is InChI=1S/C18H18ClN3O/c1-22-11-10-20-18(22)17(13-4-3-5-14(19)12-13)21-15-6-8-16(23-2)9-7-15/h3-12,17,21H,1-2H3. The molecule has 0 aliphatic carbocycles. The number of ether oxygens (including phenoxy) is 1. The maximum atomic E-state index is 6.16. The Morgan fingerprint density at radius 2 is 1.96 bits per heavy atom. The predicted molar refractivity (Wildman–Crippen MR) is 93.1 cm³/mol. The van der Waals surface area contributed by atoms with E-state index in [2.05, 4.69) is 10.3 Å². The van der Waals surface area contributed by atoms with Crippen molar-refractivity contribution in [2.24, 2.45) is 7.05 Å². The highest BCUT2D eigenvalue weighted by Crippen LogP contribution is 2.28. The summed E-state index contributed by atoms with van der Waals surface area (Å²) in [6, 6.07) is 15.5. The molecule has 118 valence electrons. The van der Waals surface area contributed by atoms with Crippen molar-refractivity contribution in [1.29, 1.82) is 0 Å². The first-order valence-electron chi connectivity index (χ1n) is 7.30. The zero-order valence-electron chi connectivity index (χ0n) is 13.0. The van der Waals surface area contributed by atoms with Crippen molar-refractivity contribution in [2.75, 3.05) is 12.4 Å². The van der Waals surface area contributed by atoms with Crippen molar-refractivity contribution < 1.29 is 4.74 Å². The van der Waals surface area contributed by atoms with Gasteiger partial charge in [0.15, 0.2) is 0 Å². The second kappa shape index (κ2) is 6.75. The number of aryl methyl sites for hydroxylation is 1. The molecule has 1 aromatic heterocycles. The van der Waals surface area contributed by atoms with E-state index in [0.717, 1.165) is 22.8 Å². The van der Waals surface area contributed by atoms with Crippen molar-refractivity contribution in [2.45, 2.75) is 6.04 Å². The molecule has 0 saturated carbocycles. The van der Waals surface area contributed by atoms with Crippen LogP contribution >= 0.6 is 11.6 Å². The van der Waals surface area contributed by atoms with Gasteiger partial charge in [0, 0.05) is 30.2 Å². The highest BCUT2D eigenvalue weighted by molar-refractivity contribution is 6.30. The Bertz CT molecular complexity index is 783. The van der Waals surface area contributed by atoms with Gasteiger partial charge in [-0.1, -0.05) is 23.7 Å². The Hall–Kier alpha value is -2.46. The molecule has 0 bridgehead atoms. The van der Waals surface area contributed by atoms with Gasteiger partial charge in [-0.25, -0.2) is 4.98 Å². The van der Waals surface area contributed by atoms with Crippen LogP contribution in [0.15, 0.2) is 60.9 Å². The number of rotatable bonds is 5. The molecule has 2 aromatic carbocycles. The molecule has 1 atom stereocenters. The van der Waals surface area contributed by atoms with E-state index in [-0.39, 0.29) is 6.04 Å². The molecule has 3 aromatic rings. The van der Waals surface area contributed by atoms with E-state index in [9.17, 15) is 0 Å². The number of methoxy groups -OCH3 is 1. The van der Waals surface area contributed by atoms with Gasteiger partial charge in [0.05, 0.1) is 7.11 Å². The number of aromatic nitrogens is 2. The largest absolute Gasteiger partial charge is 0.497 e. The third-order valence-corrected chi connectivity index (χ3v) is 3.93. The number of hydrogen-bond acceptors (Lipinski definition) is 3. The first-order valence-corrected chi connectivity index (χ1v) is 7.68. The monoisotopic (exact) mass is 327 g/mol. The molecule has 1 unspecified atom stereocenters. The molecule has 5 heteroatoms. The predicted octanol–water partition coefficient (Wildman–Crippen LogP) is 4.28. The van der Waals surface area contributed by atoms with Crippen molar-refractivity contribution in [3.63, 3.8) is 0 Å². The van der Waals surface area contributed by atoms with Crippen LogP contribution < -0.4 is 10.1 Å². The summed E-state index contributed by atoms with van der Waals surface area (Å²) >= 11 is 6.16. The molecule has 3 rings (SSSR count). The van der Waals surface area contributed by atoms with Gasteiger partial charge < -0.3 is 14.6 Å². The Morgan fingerprint density at radius 3 is 2.57 bits per heavy atom. The maximum absolute atomic E-state index is 6.16. The summed E-state index contributed by atoms with van der Waals surface area (Å²) in [5.74, 6) is 1.75. The first-order chi connectivity index (χ1) is 11.2. The molecule has 1 heterocycles. The van der Waals surface area contributed by atoms with E-state index < -0.39 is 0 Å². The molecule has 4 nitrogen and oxygen atoms in total. The Morgan fingerprint density at radius 1 is 1.17 bits per heavy atom. The fourth-order valence-electron chi connectivity index (χ4n) is 2.49. The van der Waals surface area contributed by atoms with Gasteiger partial charge >= 0.3 is 0 Å². The van der Waals surface area contributed by atoms with E-state index in [0.29, 0.717) is 5.02 Å². The van der Waals surface area contributed by atoms with E-state index in [1.165, 1.54) is 0 Å². The van der Waals surface area contributed by atoms with Gasteiger partial charge in [-0.3, -0.25) is 0 Å². The maximum Gasteiger partial charge on any atom is 0.135 e. The van der Waals surface area contributed by atoms with E-state index in [1.54, 1.807) is 13.3 Å². The van der Waals surface area contributed by atoms with Crippen molar-refractivity contribution >= 4 is 17.3 Å². The quantitative estimate of drug-likeness (QED) is 0.760. The second-order valence-corrected chi connectivity index (χ2v) is 5.69. The van der Waals surface area contributed by atoms with Crippen molar-refractivity contribution in [3.8, 4) is 5.75 Å². The minimum Gasteiger partial charge on any atom is -0.497 e. The van der Waals surface area contributed by atoms with E-state index >= 15 is 0 Å². The molecule has 1 N–H and O–H groups in total. The zero-order valence-corrected chi connectivity index (χ0v) is 13.8. The normalized spacial score (nSPS) is 12.0. The molecule has 0 aliphatic rings. The van der Waals surface area contributed by atoms with Gasteiger partial charge in [0.1, 0.15) is 17.6 Å². The van der Waals surface area contributed by atoms with E-state index in [1.807, 2.05) is 66.3 Å². The number of anilines is 1. The number of nitrogens with one attached hydrogen (secondary N) is 1. The summed E-state index contributed by atoms with van der Waals surface area (Å²) in [6.45, 7) is 0. The summed E-state index contributed by atoms with van der Waals surface area (Å²) in [5.41, 5.74) is 2.04. The third kappa shape index (κ3) is 3.48. The summed E-state index contributed by atoms with van der Waals surface area (Å²) < 4.78 is 7.21. The minimum absolute atomic E-state index is 0.0953. The molecule has 0 saturated heterocycles. The SMILES string of the molecule is COc1ccc(NC(c2cccc(Cl)c2)c2nccn2C)cc1. The fraction of sp³-hybridized carbons (Fsp3) is 0.167. The molecule has 0 aliphatic heterocycles. The van der Waals surface area contributed by atoms with Crippen LogP contribution in [0.25, 0.3) is 0 Å². The average Bonchev–Trinajstić information content (AvgIpc) is 2.99. The van der Waals surface area contributed by atoms with Crippen LogP contribution in [0.1, 0.15) is 17.4 Å². The topological polar surface area (TPSA) is 39.1 Å². The molecular formula is C18H18ClN3O. The van der Waals surface area contributed by atoms with Gasteiger partial charge in [-0.05, 0) is 42.0 Å². The highest BCUT2D eigenvalue weighted by Gasteiger charge is 2.18. The van der Waals surface area contributed by atoms with Gasteiger partial charge in [0.2, 0.25) is 0 Å². The lowest BCUT2D eigenvalue weighted by Gasteiger charge is -2.20. The van der Waals surface area contributed by atoms with Crippen LogP contribution in [0, 0.1) is 0 Å². The Balaban J connectivity index is 1.96. The number of nitrogens with zero attached hydrogens (tertiary/aromatic N) is 2. The van der Waals surface area contributed by atoms with Crippen LogP contribution in [0.5, 0.6) is 5.75 Å². The lowest BCUT2D eigenvalue weighted by Crippen LogP contribution is -2.16. The third-order valence-electron chi connectivity index (χ3n) is 3.70. The molecular weight excluding hydrogens is 310 g/mol. The number of hydrogen-bond donors (Lipinski definition) is 1. The van der Waals surface area contributed by atoms with Gasteiger partial charge in [0.25, 0.3) is 0 Å². The van der Waals surface area contributed by atoms with Crippen molar-refractivity contribution in [3.05, 3.63) is 77.3 Å². The van der Waals surface area contributed by atoms with Crippen LogP contribution in [0.3, 0.4) is 0 Å². The van der Waals surface area contributed by atoms with Crippen LogP contribution in [0.2, 0.25) is 5.02 Å². The molecule has 0 fully saturated rings. The van der Waals surface area contributed by atoms with Crippen LogP contribution in [0.4, 0.5) is 5.69 Å². The van der Waals surface area contributed by atoms with Gasteiger partial charge in [-0.15, -0.1) is 0 Å². The first kappa shape index (κ1) is 15.4. The molecule has 0 amide bonds. The van der Waals surface area contributed by atoms with Crippen LogP contribution in [-0.2, 0) is 7.05 Å². The highest BCUT2D eigenvalue weighted by atomic mass is 35.5. The van der Waals surface area contributed by atoms with E-state index in [4.69, 9.17) is 16.3 Å². The summed E-state index contributed by atoms with van der Waals surface area (Å²) in [4.78, 5) is 4.48. The van der Waals surface area contributed by atoms with Gasteiger partial charge in [-0.2, -0.15) is 0 Å². The fourth-order valence-corrected chi connectivity index (χ4v) is 2.69. The smallest absolute Gasteiger partial charge is 0.135 e. The minimum atomic E-state index is -0.0953. The lowest BCUT2D eigenvalue weighted by atomic mass is 10.1. The lowest BCUT2D eigenvalue weighted by molar-refractivity contribution is 0.415. The molecule has 0 spiro atoms. The zero-order chi connectivity index (χ0) is 16.2. The van der Waals surface area contributed by atoms with Crippen LogP contribution in [-0.4, -0.2) is 16.7 Å². The number of benzene rings is 2. The number of halogens is 1.